The lowest BCUT2D eigenvalue weighted by Gasteiger charge is -2.08. The van der Waals surface area contributed by atoms with Crippen LogP contribution in [0, 0.1) is 0 Å². The molecule has 0 saturated heterocycles. The van der Waals surface area contributed by atoms with Gasteiger partial charge in [0.15, 0.2) is 5.65 Å². The van der Waals surface area contributed by atoms with E-state index in [4.69, 9.17) is 4.74 Å². The molecule has 0 saturated carbocycles. The molecule has 2 aromatic heterocycles. The van der Waals surface area contributed by atoms with Crippen LogP contribution in [0.15, 0.2) is 42.6 Å². The first-order valence-electron chi connectivity index (χ1n) is 8.91. The lowest BCUT2D eigenvalue weighted by molar-refractivity contribution is -0.121. The Labute approximate surface area is 153 Å². The number of hydrogen-bond acceptors (Lipinski definition) is 4. The van der Waals surface area contributed by atoms with Crippen molar-refractivity contribution in [3.8, 4) is 5.75 Å². The van der Waals surface area contributed by atoms with E-state index in [0.29, 0.717) is 19.4 Å². The molecule has 1 amide bonds. The first kappa shape index (κ1) is 17.9. The molecule has 0 aliphatic carbocycles. The molecule has 26 heavy (non-hydrogen) atoms. The fraction of sp³-hybridized carbons (Fsp3) is 0.350. The highest BCUT2D eigenvalue weighted by molar-refractivity contribution is 5.76. The summed E-state index contributed by atoms with van der Waals surface area (Å²) in [5.74, 6) is 1.71. The van der Waals surface area contributed by atoms with E-state index in [1.165, 1.54) is 0 Å². The minimum atomic E-state index is 0.0101. The van der Waals surface area contributed by atoms with E-state index in [0.717, 1.165) is 41.3 Å². The summed E-state index contributed by atoms with van der Waals surface area (Å²) in [7, 11) is 1.63. The summed E-state index contributed by atoms with van der Waals surface area (Å²) in [6.45, 7) is 3.47. The lowest BCUT2D eigenvalue weighted by Crippen LogP contribution is -2.23. The van der Waals surface area contributed by atoms with E-state index in [2.05, 4.69) is 26.8 Å². The van der Waals surface area contributed by atoms with Gasteiger partial charge < -0.3 is 14.6 Å². The third kappa shape index (κ3) is 4.20. The van der Waals surface area contributed by atoms with Gasteiger partial charge >= 0.3 is 0 Å². The zero-order valence-corrected chi connectivity index (χ0v) is 15.2. The van der Waals surface area contributed by atoms with Crippen molar-refractivity contribution in [2.45, 2.75) is 39.3 Å². The standard InChI is InChI=1S/C20H24N4O2/c1-3-12-24-18(23-17-8-5-11-21-20(17)24)9-10-19(25)22-14-15-6-4-7-16(13-15)26-2/h4-8,11,13H,3,9-10,12,14H2,1-2H3,(H,22,25). The molecule has 0 radical (unpaired) electrons. The van der Waals surface area contributed by atoms with Crippen LogP contribution in [0.5, 0.6) is 5.75 Å². The number of rotatable bonds is 8. The molecule has 3 rings (SSSR count). The molecule has 1 aromatic carbocycles. The van der Waals surface area contributed by atoms with Crippen molar-refractivity contribution in [2.24, 2.45) is 0 Å². The van der Waals surface area contributed by atoms with Crippen LogP contribution >= 0.6 is 0 Å². The number of nitrogens with zero attached hydrogens (tertiary/aromatic N) is 3. The van der Waals surface area contributed by atoms with Gasteiger partial charge in [-0.25, -0.2) is 9.97 Å². The molecule has 0 bridgehead atoms. The number of imidazole rings is 1. The number of aryl methyl sites for hydroxylation is 2. The zero-order chi connectivity index (χ0) is 18.4. The highest BCUT2D eigenvalue weighted by Crippen LogP contribution is 2.16. The van der Waals surface area contributed by atoms with Gasteiger partial charge in [0.25, 0.3) is 0 Å². The number of pyridine rings is 1. The Hall–Kier alpha value is -2.89. The number of nitrogens with one attached hydrogen (secondary N) is 1. The van der Waals surface area contributed by atoms with Crippen LogP contribution in [-0.2, 0) is 24.3 Å². The van der Waals surface area contributed by atoms with E-state index < -0.39 is 0 Å². The second-order valence-electron chi connectivity index (χ2n) is 6.15. The predicted molar refractivity (Wildman–Crippen MR) is 101 cm³/mol. The maximum Gasteiger partial charge on any atom is 0.220 e. The van der Waals surface area contributed by atoms with Crippen LogP contribution in [0.4, 0.5) is 0 Å². The van der Waals surface area contributed by atoms with Crippen molar-refractivity contribution in [1.29, 1.82) is 0 Å². The van der Waals surface area contributed by atoms with E-state index in [-0.39, 0.29) is 5.91 Å². The molecule has 1 N–H and O–H groups in total. The highest BCUT2D eigenvalue weighted by Gasteiger charge is 2.12. The van der Waals surface area contributed by atoms with Crippen molar-refractivity contribution in [3.63, 3.8) is 0 Å². The summed E-state index contributed by atoms with van der Waals surface area (Å²) < 4.78 is 7.32. The summed E-state index contributed by atoms with van der Waals surface area (Å²) in [6, 6.07) is 11.5. The van der Waals surface area contributed by atoms with Crippen LogP contribution in [0.25, 0.3) is 11.2 Å². The maximum absolute atomic E-state index is 12.2. The Kier molecular flexibility index (Phi) is 5.84. The van der Waals surface area contributed by atoms with Gasteiger partial charge in [-0.3, -0.25) is 4.79 Å². The summed E-state index contributed by atoms with van der Waals surface area (Å²) in [4.78, 5) is 21.3. The van der Waals surface area contributed by atoms with Crippen molar-refractivity contribution < 1.29 is 9.53 Å². The lowest BCUT2D eigenvalue weighted by atomic mass is 10.2. The van der Waals surface area contributed by atoms with Gasteiger partial charge in [0.2, 0.25) is 5.91 Å². The SMILES string of the molecule is CCCn1c(CCC(=O)NCc2cccc(OC)c2)nc2cccnc21. The number of amides is 1. The average Bonchev–Trinajstić information content (AvgIpc) is 3.03. The Morgan fingerprint density at radius 3 is 2.96 bits per heavy atom. The maximum atomic E-state index is 12.2. The first-order chi connectivity index (χ1) is 12.7. The van der Waals surface area contributed by atoms with Crippen molar-refractivity contribution >= 4 is 17.1 Å². The Balaban J connectivity index is 1.60. The minimum absolute atomic E-state index is 0.0101. The van der Waals surface area contributed by atoms with E-state index in [1.54, 1.807) is 13.3 Å². The molecule has 3 aromatic rings. The fourth-order valence-electron chi connectivity index (χ4n) is 2.95. The third-order valence-electron chi connectivity index (χ3n) is 4.23. The van der Waals surface area contributed by atoms with Gasteiger partial charge in [0, 0.05) is 32.1 Å². The molecular weight excluding hydrogens is 328 g/mol. The van der Waals surface area contributed by atoms with Crippen LogP contribution in [-0.4, -0.2) is 27.6 Å². The third-order valence-corrected chi connectivity index (χ3v) is 4.23. The van der Waals surface area contributed by atoms with E-state index in [9.17, 15) is 4.79 Å². The van der Waals surface area contributed by atoms with Crippen LogP contribution < -0.4 is 10.1 Å². The van der Waals surface area contributed by atoms with Crippen LogP contribution in [0.3, 0.4) is 0 Å². The first-order valence-corrected chi connectivity index (χ1v) is 8.91. The summed E-state index contributed by atoms with van der Waals surface area (Å²) in [6.07, 6.45) is 3.77. The van der Waals surface area contributed by atoms with Crippen LogP contribution in [0.2, 0.25) is 0 Å². The largest absolute Gasteiger partial charge is 0.497 e. The van der Waals surface area contributed by atoms with Crippen molar-refractivity contribution in [1.82, 2.24) is 19.9 Å². The zero-order valence-electron chi connectivity index (χ0n) is 15.2. The second kappa shape index (κ2) is 8.47. The van der Waals surface area contributed by atoms with E-state index in [1.807, 2.05) is 36.4 Å². The highest BCUT2D eigenvalue weighted by atomic mass is 16.5. The Morgan fingerprint density at radius 2 is 2.15 bits per heavy atom. The van der Waals surface area contributed by atoms with Gasteiger partial charge in [-0.15, -0.1) is 0 Å². The van der Waals surface area contributed by atoms with Gasteiger partial charge in [-0.2, -0.15) is 0 Å². The van der Waals surface area contributed by atoms with Crippen molar-refractivity contribution in [3.05, 3.63) is 54.0 Å². The fourth-order valence-corrected chi connectivity index (χ4v) is 2.95. The van der Waals surface area contributed by atoms with E-state index >= 15 is 0 Å². The van der Waals surface area contributed by atoms with Gasteiger partial charge in [-0.1, -0.05) is 19.1 Å². The number of fused-ring (bicyclic) bond motifs is 1. The number of methoxy groups -OCH3 is 1. The monoisotopic (exact) mass is 352 g/mol. The molecule has 2 heterocycles. The van der Waals surface area contributed by atoms with Crippen molar-refractivity contribution in [2.75, 3.05) is 7.11 Å². The average molecular weight is 352 g/mol. The molecule has 6 nitrogen and oxygen atoms in total. The molecule has 0 unspecified atom stereocenters. The molecule has 6 heteroatoms. The van der Waals surface area contributed by atoms with Gasteiger partial charge in [0.1, 0.15) is 17.1 Å². The number of benzene rings is 1. The number of ether oxygens (including phenoxy) is 1. The topological polar surface area (TPSA) is 69.0 Å². The molecule has 0 aliphatic rings. The number of aromatic nitrogens is 3. The summed E-state index contributed by atoms with van der Waals surface area (Å²) in [5, 5.41) is 2.96. The number of carbonyl (C=O) groups is 1. The predicted octanol–water partition coefficient (Wildman–Crippen LogP) is 3.10. The molecular formula is C20H24N4O2. The Morgan fingerprint density at radius 1 is 1.27 bits per heavy atom. The van der Waals surface area contributed by atoms with Gasteiger partial charge in [-0.05, 0) is 36.2 Å². The molecule has 0 aliphatic heterocycles. The minimum Gasteiger partial charge on any atom is -0.497 e. The Bertz CT molecular complexity index is 888. The summed E-state index contributed by atoms with van der Waals surface area (Å²) >= 11 is 0. The quantitative estimate of drug-likeness (QED) is 0.676. The number of hydrogen-bond donors (Lipinski definition) is 1. The van der Waals surface area contributed by atoms with Crippen LogP contribution in [0.1, 0.15) is 31.2 Å². The van der Waals surface area contributed by atoms with Gasteiger partial charge in [0.05, 0.1) is 7.11 Å². The molecule has 0 spiro atoms. The normalized spacial score (nSPS) is 10.8. The molecule has 136 valence electrons. The molecule has 0 atom stereocenters. The summed E-state index contributed by atoms with van der Waals surface area (Å²) in [5.41, 5.74) is 2.79. The smallest absolute Gasteiger partial charge is 0.220 e. The number of carbonyl (C=O) groups excluding carboxylic acids is 1. The second-order valence-corrected chi connectivity index (χ2v) is 6.15. The molecule has 0 fully saturated rings.